The van der Waals surface area contributed by atoms with Crippen LogP contribution in [0.5, 0.6) is 0 Å². The van der Waals surface area contributed by atoms with Crippen LogP contribution in [0.1, 0.15) is 41.5 Å². The van der Waals surface area contributed by atoms with Crippen molar-refractivity contribution >= 4 is 0 Å². The van der Waals surface area contributed by atoms with E-state index < -0.39 is 0 Å². The Morgan fingerprint density at radius 3 is 0.625 bits per heavy atom. The second kappa shape index (κ2) is 29.2. The van der Waals surface area contributed by atoms with E-state index in [9.17, 15) is 0 Å². The summed E-state index contributed by atoms with van der Waals surface area (Å²) in [6.07, 6.45) is 0. The minimum Gasteiger partial charge on any atom is -0.107 e. The normalized spacial score (nSPS) is 5.12. The Bertz CT molecular complexity index is 231. The van der Waals surface area contributed by atoms with Crippen molar-refractivity contribution < 1.29 is 0 Å². The monoisotopic (exact) mass is 216 g/mol. The Morgan fingerprint density at radius 1 is 0.438 bits per heavy atom. The van der Waals surface area contributed by atoms with Gasteiger partial charge >= 0.3 is 0 Å². The molecule has 1 rings (SSSR count). The third kappa shape index (κ3) is 39.5. The lowest BCUT2D eigenvalue weighted by molar-refractivity contribution is 1.50. The fourth-order valence-corrected chi connectivity index (χ4v) is 0.385. The van der Waals surface area contributed by atoms with Gasteiger partial charge in [-0.1, -0.05) is 50.2 Å². The van der Waals surface area contributed by atoms with Crippen LogP contribution in [0, 0.1) is 23.7 Å². The molecule has 0 N–H and O–H groups in total. The minimum atomic E-state index is 1.82. The smallest absolute Gasteiger partial charge is 0.00271 e. The van der Waals surface area contributed by atoms with Crippen molar-refractivity contribution in [3.8, 4) is 23.7 Å². The van der Waals surface area contributed by atoms with Crippen LogP contribution >= 0.6 is 0 Å². The highest BCUT2D eigenvalue weighted by atomic mass is 13.6. The van der Waals surface area contributed by atoms with Crippen LogP contribution in [0.4, 0.5) is 0 Å². The average Bonchev–Trinajstić information content (AvgIpc) is 2.43. The first-order valence-corrected chi connectivity index (χ1v) is 5.50. The van der Waals surface area contributed by atoms with Gasteiger partial charge in [-0.05, 0) is 27.7 Å². The molecule has 16 heavy (non-hydrogen) atoms. The Hall–Kier alpha value is -1.66. The van der Waals surface area contributed by atoms with E-state index in [0.29, 0.717) is 0 Å². The SMILES string of the molecule is CC.CC#CC.CC#CC.c1ccccc1. The van der Waals surface area contributed by atoms with Crippen LogP contribution in [0.25, 0.3) is 0 Å². The number of hydrogen-bond acceptors (Lipinski definition) is 0. The Kier molecular flexibility index (Phi) is 36.2. The van der Waals surface area contributed by atoms with Crippen molar-refractivity contribution in [2.45, 2.75) is 41.5 Å². The molecule has 1 aromatic rings. The summed E-state index contributed by atoms with van der Waals surface area (Å²) in [5.74, 6) is 10.7. The lowest BCUT2D eigenvalue weighted by Gasteiger charge is -1.69. The van der Waals surface area contributed by atoms with E-state index in [0.717, 1.165) is 0 Å². The highest BCUT2D eigenvalue weighted by Gasteiger charge is 1.57. The van der Waals surface area contributed by atoms with Gasteiger partial charge in [0.2, 0.25) is 0 Å². The molecular formula is C16H24. The molecule has 0 atom stereocenters. The first kappa shape index (κ1) is 19.8. The van der Waals surface area contributed by atoms with Crippen LogP contribution in [0.2, 0.25) is 0 Å². The third-order valence-corrected chi connectivity index (χ3v) is 1.17. The molecule has 0 saturated heterocycles. The molecule has 0 nitrogen and oxygen atoms in total. The molecule has 0 aliphatic heterocycles. The number of rotatable bonds is 0. The molecule has 0 spiro atoms. The first-order chi connectivity index (χ1) is 7.83. The van der Waals surface area contributed by atoms with Crippen molar-refractivity contribution in [1.82, 2.24) is 0 Å². The molecule has 0 heterocycles. The molecule has 0 aliphatic carbocycles. The quantitative estimate of drug-likeness (QED) is 0.548. The molecule has 0 bridgehead atoms. The number of hydrogen-bond donors (Lipinski definition) is 0. The molecule has 0 aromatic heterocycles. The van der Waals surface area contributed by atoms with Crippen LogP contribution < -0.4 is 0 Å². The summed E-state index contributed by atoms with van der Waals surface area (Å²) >= 11 is 0. The molecule has 0 heteroatoms. The molecule has 88 valence electrons. The molecule has 0 unspecified atom stereocenters. The Balaban J connectivity index is -0.000000152. The van der Waals surface area contributed by atoms with Gasteiger partial charge < -0.3 is 0 Å². The highest BCUT2D eigenvalue weighted by molar-refractivity contribution is 4.99. The maximum atomic E-state index is 2.68. The van der Waals surface area contributed by atoms with Crippen LogP contribution in [0.3, 0.4) is 0 Å². The van der Waals surface area contributed by atoms with Gasteiger partial charge in [0.1, 0.15) is 0 Å². The maximum absolute atomic E-state index is 2.68. The predicted octanol–water partition coefficient (Wildman–Crippen LogP) is 4.77. The second-order valence-electron chi connectivity index (χ2n) is 2.15. The van der Waals surface area contributed by atoms with E-state index in [-0.39, 0.29) is 0 Å². The molecule has 0 radical (unpaired) electrons. The molecule has 0 saturated carbocycles. The predicted molar refractivity (Wildman–Crippen MR) is 76.0 cm³/mol. The van der Waals surface area contributed by atoms with Crippen molar-refractivity contribution in [1.29, 1.82) is 0 Å². The van der Waals surface area contributed by atoms with Gasteiger partial charge in [-0.3, -0.25) is 0 Å². The zero-order chi connectivity index (χ0) is 13.1. The average molecular weight is 216 g/mol. The maximum Gasteiger partial charge on any atom is -0.00271 e. The fourth-order valence-electron chi connectivity index (χ4n) is 0.385. The summed E-state index contributed by atoms with van der Waals surface area (Å²) in [6, 6.07) is 12.0. The van der Waals surface area contributed by atoms with Crippen LogP contribution in [-0.2, 0) is 0 Å². The summed E-state index contributed by atoms with van der Waals surface area (Å²) in [6.45, 7) is 11.3. The van der Waals surface area contributed by atoms with Crippen LogP contribution in [-0.4, -0.2) is 0 Å². The topological polar surface area (TPSA) is 0 Å². The number of benzene rings is 1. The first-order valence-electron chi connectivity index (χ1n) is 5.50. The van der Waals surface area contributed by atoms with Crippen molar-refractivity contribution in [2.24, 2.45) is 0 Å². The minimum absolute atomic E-state index is 1.82. The lowest BCUT2D eigenvalue weighted by atomic mass is 10.4. The van der Waals surface area contributed by atoms with Crippen LogP contribution in [0.15, 0.2) is 36.4 Å². The van der Waals surface area contributed by atoms with E-state index in [1.54, 1.807) is 0 Å². The molecule has 1 aromatic carbocycles. The zero-order valence-corrected chi connectivity index (χ0v) is 11.5. The van der Waals surface area contributed by atoms with Gasteiger partial charge in [-0.2, -0.15) is 0 Å². The van der Waals surface area contributed by atoms with E-state index >= 15 is 0 Å². The van der Waals surface area contributed by atoms with Crippen molar-refractivity contribution in [3.63, 3.8) is 0 Å². The van der Waals surface area contributed by atoms with Crippen molar-refractivity contribution in [3.05, 3.63) is 36.4 Å². The standard InChI is InChI=1S/C6H6.2C4H6.C2H6/c1-2-4-6-5-3-1;2*1-3-4-2;1-2/h1-6H;2*1-2H3;1-2H3. The largest absolute Gasteiger partial charge is 0.107 e. The van der Waals surface area contributed by atoms with E-state index in [2.05, 4.69) is 23.7 Å². The summed E-state index contributed by atoms with van der Waals surface area (Å²) in [4.78, 5) is 0. The molecule has 0 aliphatic rings. The second-order valence-corrected chi connectivity index (χ2v) is 2.15. The molecule has 0 fully saturated rings. The Labute approximate surface area is 102 Å². The third-order valence-electron chi connectivity index (χ3n) is 1.17. The van der Waals surface area contributed by atoms with Crippen molar-refractivity contribution in [2.75, 3.05) is 0 Å². The van der Waals surface area contributed by atoms with E-state index in [1.165, 1.54) is 0 Å². The van der Waals surface area contributed by atoms with Gasteiger partial charge in [0.15, 0.2) is 0 Å². The van der Waals surface area contributed by atoms with Gasteiger partial charge in [-0.25, -0.2) is 0 Å². The molecule has 0 amide bonds. The summed E-state index contributed by atoms with van der Waals surface area (Å²) < 4.78 is 0. The fraction of sp³-hybridized carbons (Fsp3) is 0.375. The molecular weight excluding hydrogens is 192 g/mol. The van der Waals surface area contributed by atoms with Gasteiger partial charge in [0, 0.05) is 0 Å². The Morgan fingerprint density at radius 2 is 0.562 bits per heavy atom. The zero-order valence-electron chi connectivity index (χ0n) is 11.5. The van der Waals surface area contributed by atoms with E-state index in [4.69, 9.17) is 0 Å². The summed E-state index contributed by atoms with van der Waals surface area (Å²) in [7, 11) is 0. The lowest BCUT2D eigenvalue weighted by Crippen LogP contribution is -1.47. The summed E-state index contributed by atoms with van der Waals surface area (Å²) in [5, 5.41) is 0. The summed E-state index contributed by atoms with van der Waals surface area (Å²) in [5.41, 5.74) is 0. The highest BCUT2D eigenvalue weighted by Crippen LogP contribution is 1.79. The van der Waals surface area contributed by atoms with Gasteiger partial charge in [0.05, 0.1) is 0 Å². The van der Waals surface area contributed by atoms with Gasteiger partial charge in [-0.15, -0.1) is 23.7 Å². The van der Waals surface area contributed by atoms with E-state index in [1.807, 2.05) is 77.9 Å². The van der Waals surface area contributed by atoms with Gasteiger partial charge in [0.25, 0.3) is 0 Å².